The van der Waals surface area contributed by atoms with Crippen LogP contribution in [0.15, 0.2) is 60.8 Å². The minimum absolute atomic E-state index is 0.338. The molecule has 1 saturated heterocycles. The summed E-state index contributed by atoms with van der Waals surface area (Å²) in [5, 5.41) is 12.2. The van der Waals surface area contributed by atoms with Crippen molar-refractivity contribution in [2.75, 3.05) is 22.7 Å². The number of hydrogen-bond donors (Lipinski definition) is 2. The average Bonchev–Trinajstić information content (AvgIpc) is 3.14. The number of halogens is 1. The molecule has 1 aliphatic heterocycles. The summed E-state index contributed by atoms with van der Waals surface area (Å²) in [5.74, 6) is -0.352. The topological polar surface area (TPSA) is 115 Å². The molecular formula is C21H16ClN5O3S. The van der Waals surface area contributed by atoms with Crippen molar-refractivity contribution in [1.82, 2.24) is 9.71 Å². The van der Waals surface area contributed by atoms with Gasteiger partial charge in [-0.05, 0) is 54.6 Å². The molecule has 156 valence electrons. The van der Waals surface area contributed by atoms with Crippen LogP contribution in [0.25, 0.3) is 11.3 Å². The van der Waals surface area contributed by atoms with Gasteiger partial charge >= 0.3 is 10.2 Å². The first kappa shape index (κ1) is 20.8. The lowest BCUT2D eigenvalue weighted by Crippen LogP contribution is -2.29. The number of carbonyl (C=O) groups is 1. The minimum Gasteiger partial charge on any atom is -0.322 e. The Morgan fingerprint density at radius 2 is 1.94 bits per heavy atom. The summed E-state index contributed by atoms with van der Waals surface area (Å²) in [4.78, 5) is 16.9. The molecule has 0 radical (unpaired) electrons. The molecule has 1 aromatic heterocycles. The first-order chi connectivity index (χ1) is 14.9. The molecule has 1 fully saturated rings. The second-order valence-corrected chi connectivity index (χ2v) is 8.80. The molecule has 1 amide bonds. The van der Waals surface area contributed by atoms with E-state index in [2.05, 4.69) is 15.0 Å². The Morgan fingerprint density at radius 3 is 2.55 bits per heavy atom. The summed E-state index contributed by atoms with van der Waals surface area (Å²) in [6.07, 6.45) is 1.45. The molecule has 3 aromatic rings. The van der Waals surface area contributed by atoms with Gasteiger partial charge in [0.05, 0.1) is 22.0 Å². The van der Waals surface area contributed by atoms with E-state index >= 15 is 0 Å². The molecule has 0 spiro atoms. The van der Waals surface area contributed by atoms with Gasteiger partial charge in [-0.25, -0.2) is 0 Å². The molecule has 0 bridgehead atoms. The monoisotopic (exact) mass is 453 g/mol. The molecule has 31 heavy (non-hydrogen) atoms. The fraction of sp³-hybridized carbons (Fsp3) is 0.0952. The molecule has 2 aromatic carbocycles. The second kappa shape index (κ2) is 8.35. The number of nitriles is 1. The van der Waals surface area contributed by atoms with Crippen LogP contribution < -0.4 is 14.3 Å². The number of hydrogen-bond acceptors (Lipinski definition) is 5. The predicted molar refractivity (Wildman–Crippen MR) is 118 cm³/mol. The van der Waals surface area contributed by atoms with Crippen LogP contribution in [-0.2, 0) is 10.2 Å². The van der Waals surface area contributed by atoms with Gasteiger partial charge in [0, 0.05) is 36.1 Å². The Hall–Kier alpha value is -3.45. The van der Waals surface area contributed by atoms with Crippen molar-refractivity contribution in [3.8, 4) is 17.3 Å². The number of anilines is 2. The summed E-state index contributed by atoms with van der Waals surface area (Å²) in [7, 11) is -3.51. The van der Waals surface area contributed by atoms with E-state index in [0.717, 1.165) is 0 Å². The summed E-state index contributed by atoms with van der Waals surface area (Å²) < 4.78 is 27.6. The first-order valence-corrected chi connectivity index (χ1v) is 11.0. The van der Waals surface area contributed by atoms with E-state index in [1.54, 1.807) is 54.6 Å². The maximum atomic E-state index is 12.7. The zero-order chi connectivity index (χ0) is 22.0. The van der Waals surface area contributed by atoms with Gasteiger partial charge in [-0.2, -0.15) is 18.4 Å². The summed E-state index contributed by atoms with van der Waals surface area (Å²) in [5.41, 5.74) is 3.01. The molecule has 2 heterocycles. The van der Waals surface area contributed by atoms with Gasteiger partial charge in [0.25, 0.3) is 5.91 Å². The number of carbonyl (C=O) groups excluding carboxylic acids is 1. The van der Waals surface area contributed by atoms with E-state index in [4.69, 9.17) is 16.9 Å². The molecule has 10 heteroatoms. The number of benzene rings is 2. The highest BCUT2D eigenvalue weighted by Gasteiger charge is 2.27. The van der Waals surface area contributed by atoms with E-state index in [1.807, 2.05) is 6.07 Å². The number of amides is 1. The molecule has 4 rings (SSSR count). The van der Waals surface area contributed by atoms with E-state index in [1.165, 1.54) is 10.5 Å². The number of nitrogens with zero attached hydrogens (tertiary/aromatic N) is 3. The van der Waals surface area contributed by atoms with Crippen LogP contribution in [0.5, 0.6) is 0 Å². The fourth-order valence-electron chi connectivity index (χ4n) is 3.14. The summed E-state index contributed by atoms with van der Waals surface area (Å²) >= 11 is 6.28. The van der Waals surface area contributed by atoms with Crippen LogP contribution in [0.4, 0.5) is 11.4 Å². The third-order valence-electron chi connectivity index (χ3n) is 4.70. The van der Waals surface area contributed by atoms with Crippen molar-refractivity contribution in [3.05, 3.63) is 76.9 Å². The lowest BCUT2D eigenvalue weighted by atomic mass is 10.1. The fourth-order valence-corrected chi connectivity index (χ4v) is 4.59. The predicted octanol–water partition coefficient (Wildman–Crippen LogP) is 3.18. The zero-order valence-electron chi connectivity index (χ0n) is 16.0. The van der Waals surface area contributed by atoms with Gasteiger partial charge in [0.15, 0.2) is 0 Å². The largest absolute Gasteiger partial charge is 0.322 e. The lowest BCUT2D eigenvalue weighted by Gasteiger charge is -2.16. The van der Waals surface area contributed by atoms with Crippen LogP contribution >= 0.6 is 11.6 Å². The maximum Gasteiger partial charge on any atom is 0.301 e. The van der Waals surface area contributed by atoms with Gasteiger partial charge in [-0.3, -0.25) is 14.1 Å². The molecule has 8 nitrogen and oxygen atoms in total. The number of nitrogens with one attached hydrogen (secondary N) is 2. The molecule has 1 aliphatic rings. The number of aromatic nitrogens is 1. The average molecular weight is 454 g/mol. The van der Waals surface area contributed by atoms with Crippen molar-refractivity contribution < 1.29 is 13.2 Å². The van der Waals surface area contributed by atoms with Crippen LogP contribution in [0, 0.1) is 11.3 Å². The van der Waals surface area contributed by atoms with Gasteiger partial charge in [-0.1, -0.05) is 11.6 Å². The van der Waals surface area contributed by atoms with Crippen molar-refractivity contribution in [2.45, 2.75) is 0 Å². The quantitative estimate of drug-likeness (QED) is 0.629. The Morgan fingerprint density at radius 1 is 1.16 bits per heavy atom. The van der Waals surface area contributed by atoms with Gasteiger partial charge < -0.3 is 5.32 Å². The number of pyridine rings is 1. The van der Waals surface area contributed by atoms with Gasteiger partial charge in [0.2, 0.25) is 0 Å². The second-order valence-electron chi connectivity index (χ2n) is 6.71. The highest BCUT2D eigenvalue weighted by atomic mass is 35.5. The summed E-state index contributed by atoms with van der Waals surface area (Å²) in [6.45, 7) is 0.683. The third-order valence-corrected chi connectivity index (χ3v) is 6.57. The molecule has 0 atom stereocenters. The summed E-state index contributed by atoms with van der Waals surface area (Å²) in [6, 6.07) is 16.7. The van der Waals surface area contributed by atoms with Crippen LogP contribution in [-0.4, -0.2) is 32.4 Å². The highest BCUT2D eigenvalue weighted by molar-refractivity contribution is 7.91. The molecule has 0 saturated carbocycles. The van der Waals surface area contributed by atoms with Crippen molar-refractivity contribution in [2.24, 2.45) is 0 Å². The van der Waals surface area contributed by atoms with Crippen molar-refractivity contribution >= 4 is 39.1 Å². The Balaban J connectivity index is 1.53. The lowest BCUT2D eigenvalue weighted by molar-refractivity contribution is 0.102. The van der Waals surface area contributed by atoms with Crippen LogP contribution in [0.1, 0.15) is 15.9 Å². The maximum absolute atomic E-state index is 12.7. The SMILES string of the molecule is N#Cc1ccc(-c2cc(NC(=O)c3ccc(N4CCNS4(=O)=O)cc3)ccc2Cl)nc1. The smallest absolute Gasteiger partial charge is 0.301 e. The third kappa shape index (κ3) is 4.36. The van der Waals surface area contributed by atoms with E-state index in [-0.39, 0.29) is 5.91 Å². The van der Waals surface area contributed by atoms with Crippen molar-refractivity contribution in [3.63, 3.8) is 0 Å². The number of rotatable bonds is 4. The standard InChI is InChI=1S/C21H16ClN5O3S/c22-19-7-4-16(11-18(19)20-8-1-14(12-23)13-24-20)26-21(28)15-2-5-17(6-3-15)27-10-9-25-31(27,29)30/h1-8,11,13,25H,9-10H2,(H,26,28). The molecule has 2 N–H and O–H groups in total. The minimum atomic E-state index is -3.51. The Labute approximate surface area is 184 Å². The van der Waals surface area contributed by atoms with Crippen LogP contribution in [0.2, 0.25) is 5.02 Å². The highest BCUT2D eigenvalue weighted by Crippen LogP contribution is 2.30. The molecule has 0 aliphatic carbocycles. The van der Waals surface area contributed by atoms with Gasteiger partial charge in [0.1, 0.15) is 6.07 Å². The Bertz CT molecular complexity index is 1290. The van der Waals surface area contributed by atoms with E-state index < -0.39 is 10.2 Å². The van der Waals surface area contributed by atoms with Crippen molar-refractivity contribution in [1.29, 1.82) is 5.26 Å². The van der Waals surface area contributed by atoms with Crippen LogP contribution in [0.3, 0.4) is 0 Å². The van der Waals surface area contributed by atoms with E-state index in [9.17, 15) is 13.2 Å². The zero-order valence-corrected chi connectivity index (χ0v) is 17.6. The normalized spacial score (nSPS) is 14.8. The first-order valence-electron chi connectivity index (χ1n) is 9.22. The van der Waals surface area contributed by atoms with E-state index in [0.29, 0.717) is 51.9 Å². The molecule has 0 unspecified atom stereocenters. The molecular weight excluding hydrogens is 438 g/mol. The Kier molecular flexibility index (Phi) is 5.61. The van der Waals surface area contributed by atoms with Gasteiger partial charge in [-0.15, -0.1) is 0 Å².